The first-order chi connectivity index (χ1) is 18.1. The fraction of sp³-hybridized carbons (Fsp3) is 0.233. The molecule has 1 aliphatic heterocycles. The Kier molecular flexibility index (Phi) is 7.31. The van der Waals surface area contributed by atoms with E-state index in [-0.39, 0.29) is 24.1 Å². The lowest BCUT2D eigenvalue weighted by Crippen LogP contribution is -2.53. The third-order valence-electron chi connectivity index (χ3n) is 6.82. The molecule has 3 aromatic carbocycles. The molecule has 188 valence electrons. The van der Waals surface area contributed by atoms with Gasteiger partial charge in [-0.2, -0.15) is 0 Å². The molecule has 5 rings (SSSR count). The molecule has 7 nitrogen and oxygen atoms in total. The molecular formula is C30H30N4O3. The molecule has 0 bridgehead atoms. The average Bonchev–Trinajstić information content (AvgIpc) is 3.57. The van der Waals surface area contributed by atoms with Gasteiger partial charge in [0.25, 0.3) is 0 Å². The predicted molar refractivity (Wildman–Crippen MR) is 144 cm³/mol. The molecular weight excluding hydrogens is 464 g/mol. The van der Waals surface area contributed by atoms with Crippen molar-refractivity contribution < 1.29 is 14.4 Å². The van der Waals surface area contributed by atoms with Gasteiger partial charge >= 0.3 is 0 Å². The Morgan fingerprint density at radius 3 is 2.41 bits per heavy atom. The summed E-state index contributed by atoms with van der Waals surface area (Å²) in [5, 5.41) is 6.89. The fourth-order valence-corrected chi connectivity index (χ4v) is 5.00. The number of aromatic nitrogens is 1. The van der Waals surface area contributed by atoms with Gasteiger partial charge < -0.3 is 20.5 Å². The molecule has 0 radical (unpaired) electrons. The number of hydrogen-bond donors (Lipinski definition) is 3. The predicted octanol–water partition coefficient (Wildman–Crippen LogP) is 4.07. The molecule has 3 amide bonds. The SMILES string of the molecule is O=C(Cc1c[nH]c2ccccc12)N[C@@H](Cc1ccccc1)C(=O)N1CCC[C@H]1C(=O)Nc1ccccc1. The van der Waals surface area contributed by atoms with E-state index in [0.717, 1.165) is 28.5 Å². The number of anilines is 1. The van der Waals surface area contributed by atoms with Gasteiger partial charge in [0, 0.05) is 35.8 Å². The van der Waals surface area contributed by atoms with Gasteiger partial charge in [-0.3, -0.25) is 14.4 Å². The van der Waals surface area contributed by atoms with Gasteiger partial charge in [-0.25, -0.2) is 0 Å². The summed E-state index contributed by atoms with van der Waals surface area (Å²) in [6.45, 7) is 0.481. The van der Waals surface area contributed by atoms with Crippen molar-refractivity contribution in [2.45, 2.75) is 37.8 Å². The molecule has 0 spiro atoms. The van der Waals surface area contributed by atoms with Crippen molar-refractivity contribution in [1.29, 1.82) is 0 Å². The topological polar surface area (TPSA) is 94.3 Å². The van der Waals surface area contributed by atoms with Gasteiger partial charge in [-0.05, 0) is 42.2 Å². The molecule has 3 N–H and O–H groups in total. The summed E-state index contributed by atoms with van der Waals surface area (Å²) in [6, 6.07) is 25.3. The monoisotopic (exact) mass is 494 g/mol. The Morgan fingerprint density at radius 1 is 0.919 bits per heavy atom. The molecule has 2 heterocycles. The quantitative estimate of drug-likeness (QED) is 0.345. The molecule has 0 saturated carbocycles. The zero-order chi connectivity index (χ0) is 25.6. The van der Waals surface area contributed by atoms with E-state index < -0.39 is 12.1 Å². The third kappa shape index (κ3) is 5.72. The molecule has 1 saturated heterocycles. The lowest BCUT2D eigenvalue weighted by Gasteiger charge is -2.29. The van der Waals surface area contributed by atoms with Crippen molar-refractivity contribution in [3.05, 3.63) is 102 Å². The number of benzene rings is 3. The summed E-state index contributed by atoms with van der Waals surface area (Å²) in [6.07, 6.45) is 3.66. The van der Waals surface area contributed by atoms with Crippen LogP contribution < -0.4 is 10.6 Å². The maximum absolute atomic E-state index is 13.8. The van der Waals surface area contributed by atoms with Crippen molar-refractivity contribution in [1.82, 2.24) is 15.2 Å². The summed E-state index contributed by atoms with van der Waals surface area (Å²) >= 11 is 0. The van der Waals surface area contributed by atoms with Crippen LogP contribution in [-0.2, 0) is 27.2 Å². The Morgan fingerprint density at radius 2 is 1.62 bits per heavy atom. The molecule has 0 unspecified atom stereocenters. The number of amides is 3. The van der Waals surface area contributed by atoms with Crippen LogP contribution in [0.2, 0.25) is 0 Å². The smallest absolute Gasteiger partial charge is 0.247 e. The Bertz CT molecular complexity index is 1380. The van der Waals surface area contributed by atoms with Crippen molar-refractivity contribution >= 4 is 34.3 Å². The molecule has 1 aliphatic rings. The van der Waals surface area contributed by atoms with Crippen LogP contribution in [0.1, 0.15) is 24.0 Å². The van der Waals surface area contributed by atoms with E-state index in [1.54, 1.807) is 4.90 Å². The number of carbonyl (C=O) groups excluding carboxylic acids is 3. The van der Waals surface area contributed by atoms with E-state index in [2.05, 4.69) is 15.6 Å². The highest BCUT2D eigenvalue weighted by molar-refractivity contribution is 5.99. The van der Waals surface area contributed by atoms with E-state index in [4.69, 9.17) is 0 Å². The van der Waals surface area contributed by atoms with Crippen molar-refractivity contribution in [3.8, 4) is 0 Å². The number of likely N-dealkylation sites (tertiary alicyclic amines) is 1. The number of H-pyrrole nitrogens is 1. The molecule has 7 heteroatoms. The van der Waals surface area contributed by atoms with Crippen LogP contribution in [0.5, 0.6) is 0 Å². The lowest BCUT2D eigenvalue weighted by molar-refractivity contribution is -0.140. The van der Waals surface area contributed by atoms with Crippen LogP contribution in [0.3, 0.4) is 0 Å². The van der Waals surface area contributed by atoms with E-state index in [0.29, 0.717) is 25.1 Å². The molecule has 2 atom stereocenters. The summed E-state index contributed by atoms with van der Waals surface area (Å²) in [4.78, 5) is 44.8. The Labute approximate surface area is 215 Å². The minimum atomic E-state index is -0.773. The summed E-state index contributed by atoms with van der Waals surface area (Å²) in [7, 11) is 0. The van der Waals surface area contributed by atoms with Gasteiger partial charge in [0.15, 0.2) is 0 Å². The van der Waals surface area contributed by atoms with Crippen LogP contribution in [0.15, 0.2) is 91.1 Å². The highest BCUT2D eigenvalue weighted by atomic mass is 16.2. The van der Waals surface area contributed by atoms with Crippen LogP contribution in [0, 0.1) is 0 Å². The third-order valence-corrected chi connectivity index (χ3v) is 6.82. The second kappa shape index (κ2) is 11.1. The van der Waals surface area contributed by atoms with E-state index in [1.807, 2.05) is 91.1 Å². The number of nitrogens with zero attached hydrogens (tertiary/aromatic N) is 1. The number of fused-ring (bicyclic) bond motifs is 1. The summed E-state index contributed by atoms with van der Waals surface area (Å²) in [5.41, 5.74) is 3.48. The Balaban J connectivity index is 1.33. The van der Waals surface area contributed by atoms with Crippen molar-refractivity contribution in [2.24, 2.45) is 0 Å². The maximum Gasteiger partial charge on any atom is 0.247 e. The lowest BCUT2D eigenvalue weighted by atomic mass is 10.0. The zero-order valence-electron chi connectivity index (χ0n) is 20.5. The highest BCUT2D eigenvalue weighted by Crippen LogP contribution is 2.22. The van der Waals surface area contributed by atoms with E-state index >= 15 is 0 Å². The molecule has 1 fully saturated rings. The Hall–Kier alpha value is -4.39. The first-order valence-electron chi connectivity index (χ1n) is 12.6. The van der Waals surface area contributed by atoms with E-state index in [9.17, 15) is 14.4 Å². The average molecular weight is 495 g/mol. The normalized spacial score (nSPS) is 15.9. The summed E-state index contributed by atoms with van der Waals surface area (Å²) < 4.78 is 0. The van der Waals surface area contributed by atoms with Crippen LogP contribution in [0.4, 0.5) is 5.69 Å². The second-order valence-corrected chi connectivity index (χ2v) is 9.39. The molecule has 1 aromatic heterocycles. The van der Waals surface area contributed by atoms with Gasteiger partial charge in [-0.1, -0.05) is 66.7 Å². The molecule has 37 heavy (non-hydrogen) atoms. The van der Waals surface area contributed by atoms with Crippen LogP contribution in [0.25, 0.3) is 10.9 Å². The minimum absolute atomic E-state index is 0.153. The maximum atomic E-state index is 13.8. The largest absolute Gasteiger partial charge is 0.361 e. The number of rotatable bonds is 8. The van der Waals surface area contributed by atoms with Gasteiger partial charge in [0.2, 0.25) is 17.7 Å². The van der Waals surface area contributed by atoms with E-state index in [1.165, 1.54) is 0 Å². The second-order valence-electron chi connectivity index (χ2n) is 9.39. The standard InChI is InChI=1S/C30H30N4O3/c35-28(19-22-20-31-25-15-8-7-14-24(22)25)33-26(18-21-10-3-1-4-11-21)30(37)34-17-9-16-27(34)29(36)32-23-12-5-2-6-13-23/h1-8,10-15,20,26-27,31H,9,16-19H2,(H,32,36)(H,33,35)/t26-,27-/m0/s1. The fourth-order valence-electron chi connectivity index (χ4n) is 5.00. The number of para-hydroxylation sites is 2. The minimum Gasteiger partial charge on any atom is -0.361 e. The van der Waals surface area contributed by atoms with Crippen LogP contribution >= 0.6 is 0 Å². The van der Waals surface area contributed by atoms with Crippen LogP contribution in [-0.4, -0.2) is 46.2 Å². The van der Waals surface area contributed by atoms with Gasteiger partial charge in [0.1, 0.15) is 12.1 Å². The highest BCUT2D eigenvalue weighted by Gasteiger charge is 2.37. The van der Waals surface area contributed by atoms with Crippen molar-refractivity contribution in [3.63, 3.8) is 0 Å². The first-order valence-corrected chi connectivity index (χ1v) is 12.6. The van der Waals surface area contributed by atoms with Crippen molar-refractivity contribution in [2.75, 3.05) is 11.9 Å². The number of carbonyl (C=O) groups is 3. The first kappa shape index (κ1) is 24.3. The number of hydrogen-bond acceptors (Lipinski definition) is 3. The molecule has 0 aliphatic carbocycles. The number of nitrogens with one attached hydrogen (secondary N) is 3. The summed E-state index contributed by atoms with van der Waals surface area (Å²) in [5.74, 6) is -0.675. The van der Waals surface area contributed by atoms with Gasteiger partial charge in [-0.15, -0.1) is 0 Å². The number of aromatic amines is 1. The van der Waals surface area contributed by atoms with Gasteiger partial charge in [0.05, 0.1) is 6.42 Å². The zero-order valence-corrected chi connectivity index (χ0v) is 20.5. The molecule has 4 aromatic rings.